The van der Waals surface area contributed by atoms with Crippen molar-refractivity contribution in [1.29, 1.82) is 0 Å². The van der Waals surface area contributed by atoms with E-state index >= 15 is 0 Å². The molecule has 0 spiro atoms. The number of aldehydes is 1. The second-order valence-electron chi connectivity index (χ2n) is 17.3. The molecule has 0 bridgehead atoms. The first kappa shape index (κ1) is 56.1. The van der Waals surface area contributed by atoms with E-state index < -0.39 is 82.6 Å². The van der Waals surface area contributed by atoms with Crippen molar-refractivity contribution in [2.45, 2.75) is 166 Å². The smallest absolute Gasteiger partial charge is 0.326 e. The fourth-order valence-electron chi connectivity index (χ4n) is 7.49. The normalized spacial score (nSPS) is 15.0. The van der Waals surface area contributed by atoms with Crippen molar-refractivity contribution >= 4 is 52.6 Å². The number of nitrogens with two attached hydrogens (primary N) is 1. The lowest BCUT2D eigenvalue weighted by molar-refractivity contribution is -0.142. The van der Waals surface area contributed by atoms with Crippen LogP contribution in [0.1, 0.15) is 122 Å². The van der Waals surface area contributed by atoms with Gasteiger partial charge in [-0.15, -0.1) is 0 Å². The molecule has 0 saturated carbocycles. The zero-order valence-corrected chi connectivity index (χ0v) is 39.5. The molecule has 0 fully saturated rings. The van der Waals surface area contributed by atoms with Gasteiger partial charge in [0.05, 0.1) is 12.1 Å². The molecule has 5 amide bonds. The number of carbonyl (C=O) groups is 7. The molecule has 0 radical (unpaired) electrons. The van der Waals surface area contributed by atoms with Gasteiger partial charge in [0, 0.05) is 54.5 Å². The Labute approximate surface area is 387 Å². The van der Waals surface area contributed by atoms with Crippen LogP contribution < -0.4 is 32.3 Å². The molecule has 0 heterocycles. The Morgan fingerprint density at radius 2 is 1.15 bits per heavy atom. The summed E-state index contributed by atoms with van der Waals surface area (Å²) in [4.78, 5) is 88.5. The molecule has 16 nitrogen and oxygen atoms in total. The topological polar surface area (TPSA) is 263 Å². The van der Waals surface area contributed by atoms with Gasteiger partial charge in [0.2, 0.25) is 29.5 Å². The minimum absolute atomic E-state index is 0.0133. The van der Waals surface area contributed by atoms with Gasteiger partial charge in [0.25, 0.3) is 0 Å². The maximum Gasteiger partial charge on any atom is 0.326 e. The zero-order valence-electron chi connectivity index (χ0n) is 38.6. The Hall–Kier alpha value is -5.00. The highest BCUT2D eigenvalue weighted by Crippen LogP contribution is 2.16. The lowest BCUT2D eigenvalue weighted by Crippen LogP contribution is -2.59. The van der Waals surface area contributed by atoms with Gasteiger partial charge in [0.15, 0.2) is 0 Å². The first-order valence-corrected chi connectivity index (χ1v) is 24.7. The minimum Gasteiger partial charge on any atom is -0.480 e. The number of rotatable bonds is 35. The second-order valence-corrected chi connectivity index (χ2v) is 18.8. The molecule has 0 aliphatic rings. The van der Waals surface area contributed by atoms with Gasteiger partial charge in [-0.05, 0) is 56.1 Å². The van der Waals surface area contributed by atoms with Crippen LogP contribution in [0, 0.1) is 5.92 Å². The van der Waals surface area contributed by atoms with E-state index in [4.69, 9.17) is 5.73 Å². The highest BCUT2D eigenvalue weighted by atomic mass is 32.2. The van der Waals surface area contributed by atoms with Gasteiger partial charge >= 0.3 is 5.97 Å². The van der Waals surface area contributed by atoms with Gasteiger partial charge in [0.1, 0.15) is 30.5 Å². The van der Waals surface area contributed by atoms with Crippen LogP contribution >= 0.6 is 0 Å². The van der Waals surface area contributed by atoms with Gasteiger partial charge < -0.3 is 47.3 Å². The van der Waals surface area contributed by atoms with Crippen LogP contribution in [0.3, 0.4) is 0 Å². The largest absolute Gasteiger partial charge is 0.480 e. The van der Waals surface area contributed by atoms with Gasteiger partial charge in [-0.25, -0.2) is 4.79 Å². The number of aliphatic hydroxyl groups is 1. The summed E-state index contributed by atoms with van der Waals surface area (Å²) in [5.41, 5.74) is 7.15. The predicted octanol–water partition coefficient (Wildman–Crippen LogP) is 3.38. The molecule has 2 rings (SSSR count). The van der Waals surface area contributed by atoms with Crippen molar-refractivity contribution in [3.63, 3.8) is 0 Å². The van der Waals surface area contributed by atoms with E-state index in [9.17, 15) is 48.0 Å². The van der Waals surface area contributed by atoms with E-state index in [0.29, 0.717) is 25.7 Å². The molecule has 8 atom stereocenters. The summed E-state index contributed by atoms with van der Waals surface area (Å²) in [6.07, 6.45) is 10.8. The lowest BCUT2D eigenvalue weighted by Gasteiger charge is -2.27. The molecule has 9 N–H and O–H groups in total. The third-order valence-electron chi connectivity index (χ3n) is 11.0. The molecule has 362 valence electrons. The second kappa shape index (κ2) is 31.8. The Balaban J connectivity index is 1.95. The van der Waals surface area contributed by atoms with E-state index in [1.54, 1.807) is 48.5 Å². The molecular weight excluding hydrogens is 853 g/mol. The average Bonchev–Trinajstić information content (AvgIpc) is 3.25. The number of carboxylic acids is 1. The summed E-state index contributed by atoms with van der Waals surface area (Å²) in [5.74, 6) is -4.22. The fourth-order valence-corrected chi connectivity index (χ4v) is 8.21. The maximum absolute atomic E-state index is 13.5. The number of primary amides is 1. The number of aliphatic hydroxyl groups excluding tert-OH is 1. The molecule has 0 aromatic heterocycles. The molecule has 0 saturated heterocycles. The number of benzene rings is 2. The van der Waals surface area contributed by atoms with E-state index in [2.05, 4.69) is 26.6 Å². The standard InChI is InChI=1S/C48H74N6O10S/c1-33(2)29-39(45(59)51-38(44(49)58)30-35-21-13-11-14-22-35)52-47(61)43(34(3)56)54-42(57)27-19-9-5-7-17-25-37(26-18-8-6-10-20-28-55)50-41(32-65(4)64)46(60)53-40(48(62)63)31-36-23-15-12-16-24-36/h11-16,21-24,28,33-34,37-41,43,50,56H,5-10,17-20,25-27,29-32H2,1-4H3,(H2,49,58)(H,51,59)(H,52,61)(H,53,60)(H,54,57)(H,62,63)/t34-,37?,38-,39-,40-,41-,43-,65?/m0/s1. The van der Waals surface area contributed by atoms with E-state index in [0.717, 1.165) is 68.8 Å². The predicted molar refractivity (Wildman–Crippen MR) is 252 cm³/mol. The number of carboxylic acid groups (broad SMARTS) is 1. The third kappa shape index (κ3) is 24.2. The van der Waals surface area contributed by atoms with Gasteiger partial charge in [-0.3, -0.25) is 28.2 Å². The number of nitrogens with one attached hydrogen (secondary N) is 5. The van der Waals surface area contributed by atoms with E-state index in [-0.39, 0.29) is 43.4 Å². The van der Waals surface area contributed by atoms with Crippen molar-refractivity contribution in [3.05, 3.63) is 71.8 Å². The van der Waals surface area contributed by atoms with Crippen molar-refractivity contribution in [2.75, 3.05) is 12.0 Å². The number of amides is 5. The SMILES string of the molecule is CC(C)C[C@H](NC(=O)[C@@H](NC(=O)CCCCCCCC(CCCCCCC=O)N[C@@H](CS(C)=O)C(=O)N[C@@H](Cc1ccccc1)C(=O)O)[C@H](C)O)C(=O)N[C@@H](Cc1ccccc1)C(N)=O. The molecule has 2 aromatic carbocycles. The Morgan fingerprint density at radius 1 is 0.662 bits per heavy atom. The number of hydrogen-bond donors (Lipinski definition) is 8. The summed E-state index contributed by atoms with van der Waals surface area (Å²) >= 11 is 0. The summed E-state index contributed by atoms with van der Waals surface area (Å²) in [7, 11) is -1.35. The van der Waals surface area contributed by atoms with Gasteiger partial charge in [-0.2, -0.15) is 0 Å². The van der Waals surface area contributed by atoms with E-state index in [1.165, 1.54) is 13.2 Å². The minimum atomic E-state index is -1.35. The molecule has 2 aromatic rings. The van der Waals surface area contributed by atoms with Crippen LogP contribution in [0.4, 0.5) is 0 Å². The summed E-state index contributed by atoms with van der Waals surface area (Å²) in [6.45, 7) is 5.11. The molecule has 2 unspecified atom stereocenters. The molecule has 65 heavy (non-hydrogen) atoms. The average molecular weight is 927 g/mol. The van der Waals surface area contributed by atoms with Gasteiger partial charge in [-0.1, -0.05) is 119 Å². The summed E-state index contributed by atoms with van der Waals surface area (Å²) in [5, 5.41) is 34.4. The van der Waals surface area contributed by atoms with E-state index in [1.807, 2.05) is 26.0 Å². The maximum atomic E-state index is 13.5. The lowest BCUT2D eigenvalue weighted by atomic mass is 9.99. The quantitative estimate of drug-likeness (QED) is 0.0367. The molecule has 0 aliphatic carbocycles. The van der Waals surface area contributed by atoms with Crippen LogP contribution in [-0.4, -0.2) is 111 Å². The number of unbranched alkanes of at least 4 members (excludes halogenated alkanes) is 8. The molecule has 0 aliphatic heterocycles. The van der Waals surface area contributed by atoms with Crippen molar-refractivity contribution in [1.82, 2.24) is 26.6 Å². The molecular formula is C48H74N6O10S. The first-order chi connectivity index (χ1) is 31.0. The monoisotopic (exact) mass is 927 g/mol. The first-order valence-electron chi connectivity index (χ1n) is 23.0. The Morgan fingerprint density at radius 3 is 1.66 bits per heavy atom. The van der Waals surface area contributed by atoms with Crippen LogP contribution in [-0.2, 0) is 57.2 Å². The van der Waals surface area contributed by atoms with Crippen LogP contribution in [0.25, 0.3) is 0 Å². The van der Waals surface area contributed by atoms with Crippen molar-refractivity contribution < 1.29 is 48.0 Å². The van der Waals surface area contributed by atoms with Crippen LogP contribution in [0.5, 0.6) is 0 Å². The Kier molecular flexibility index (Phi) is 27.5. The van der Waals surface area contributed by atoms with Crippen molar-refractivity contribution in [2.24, 2.45) is 11.7 Å². The summed E-state index contributed by atoms with van der Waals surface area (Å²) in [6, 6.07) is 12.5. The Bertz CT molecular complexity index is 1780. The number of hydrogen-bond acceptors (Lipinski definition) is 10. The van der Waals surface area contributed by atoms with Crippen LogP contribution in [0.15, 0.2) is 60.7 Å². The highest BCUT2D eigenvalue weighted by Gasteiger charge is 2.32. The van der Waals surface area contributed by atoms with Crippen LogP contribution in [0.2, 0.25) is 0 Å². The number of carbonyl (C=O) groups excluding carboxylic acids is 6. The fraction of sp³-hybridized carbons (Fsp3) is 0.604. The zero-order chi connectivity index (χ0) is 48.1. The van der Waals surface area contributed by atoms with Crippen molar-refractivity contribution in [3.8, 4) is 0 Å². The molecule has 17 heteroatoms. The highest BCUT2D eigenvalue weighted by molar-refractivity contribution is 7.84. The number of aliphatic carboxylic acids is 1. The third-order valence-corrected chi connectivity index (χ3v) is 11.8. The summed E-state index contributed by atoms with van der Waals surface area (Å²) < 4.78 is 12.4.